The lowest BCUT2D eigenvalue weighted by Gasteiger charge is -2.14. The molecule has 0 aliphatic heterocycles. The highest BCUT2D eigenvalue weighted by molar-refractivity contribution is 5.95. The van der Waals surface area contributed by atoms with Crippen LogP contribution in [-0.2, 0) is 4.79 Å². The molecular weight excluding hydrogens is 364 g/mol. The zero-order chi connectivity index (χ0) is 20.5. The molecule has 0 spiro atoms. The van der Waals surface area contributed by atoms with E-state index in [1.54, 1.807) is 12.1 Å². The molecular formula is C24H26N2O3. The number of amides is 1. The summed E-state index contributed by atoms with van der Waals surface area (Å²) in [6.07, 6.45) is 0. The summed E-state index contributed by atoms with van der Waals surface area (Å²) in [7, 11) is 0. The van der Waals surface area contributed by atoms with Crippen LogP contribution in [-0.4, -0.2) is 25.7 Å². The third kappa shape index (κ3) is 5.75. The number of hydrogen-bond acceptors (Lipinski definition) is 4. The van der Waals surface area contributed by atoms with Crippen LogP contribution >= 0.6 is 0 Å². The highest BCUT2D eigenvalue weighted by Crippen LogP contribution is 2.29. The molecule has 0 atom stereocenters. The molecule has 0 fully saturated rings. The largest absolute Gasteiger partial charge is 0.494 e. The summed E-state index contributed by atoms with van der Waals surface area (Å²) >= 11 is 0. The molecule has 0 saturated carbocycles. The predicted octanol–water partition coefficient (Wildman–Crippen LogP) is 5.20. The van der Waals surface area contributed by atoms with Gasteiger partial charge in [0.25, 0.3) is 0 Å². The second-order valence-electron chi connectivity index (χ2n) is 6.37. The second kappa shape index (κ2) is 10.2. The zero-order valence-electron chi connectivity index (χ0n) is 16.8. The van der Waals surface area contributed by atoms with Gasteiger partial charge in [0, 0.05) is 11.8 Å². The van der Waals surface area contributed by atoms with Crippen molar-refractivity contribution in [2.24, 2.45) is 0 Å². The summed E-state index contributed by atoms with van der Waals surface area (Å²) in [5, 5.41) is 6.05. The van der Waals surface area contributed by atoms with Gasteiger partial charge in [-0.05, 0) is 49.2 Å². The molecule has 29 heavy (non-hydrogen) atoms. The van der Waals surface area contributed by atoms with Crippen LogP contribution < -0.4 is 20.1 Å². The maximum atomic E-state index is 12.4. The summed E-state index contributed by atoms with van der Waals surface area (Å²) in [5.41, 5.74) is 3.78. The molecule has 0 aliphatic rings. The number of nitrogens with one attached hydrogen (secondary N) is 2. The Labute approximate surface area is 171 Å². The Morgan fingerprint density at radius 1 is 0.828 bits per heavy atom. The van der Waals surface area contributed by atoms with Crippen LogP contribution in [0.3, 0.4) is 0 Å². The number of benzene rings is 3. The molecule has 2 N–H and O–H groups in total. The maximum Gasteiger partial charge on any atom is 0.243 e. The van der Waals surface area contributed by atoms with Crippen molar-refractivity contribution in [2.45, 2.75) is 13.8 Å². The molecule has 3 aromatic carbocycles. The molecule has 0 aromatic heterocycles. The van der Waals surface area contributed by atoms with Gasteiger partial charge in [0.1, 0.15) is 11.5 Å². The van der Waals surface area contributed by atoms with E-state index in [9.17, 15) is 4.79 Å². The lowest BCUT2D eigenvalue weighted by molar-refractivity contribution is -0.114. The summed E-state index contributed by atoms with van der Waals surface area (Å²) in [5.74, 6) is 1.15. The van der Waals surface area contributed by atoms with Crippen molar-refractivity contribution in [1.82, 2.24) is 0 Å². The van der Waals surface area contributed by atoms with Gasteiger partial charge in [-0.15, -0.1) is 0 Å². The fraction of sp³-hybridized carbons (Fsp3) is 0.208. The summed E-state index contributed by atoms with van der Waals surface area (Å²) in [4.78, 5) is 12.4. The first-order valence-corrected chi connectivity index (χ1v) is 9.78. The van der Waals surface area contributed by atoms with E-state index in [0.717, 1.165) is 16.8 Å². The molecule has 150 valence electrons. The Hall–Kier alpha value is -3.47. The first-order chi connectivity index (χ1) is 14.2. The van der Waals surface area contributed by atoms with Crippen LogP contribution in [0.4, 0.5) is 11.4 Å². The topological polar surface area (TPSA) is 59.6 Å². The van der Waals surface area contributed by atoms with Crippen LogP contribution in [0.15, 0.2) is 72.8 Å². The van der Waals surface area contributed by atoms with Crippen LogP contribution in [0.2, 0.25) is 0 Å². The Morgan fingerprint density at radius 2 is 1.52 bits per heavy atom. The number of anilines is 2. The van der Waals surface area contributed by atoms with E-state index in [2.05, 4.69) is 22.8 Å². The average molecular weight is 390 g/mol. The summed E-state index contributed by atoms with van der Waals surface area (Å²) in [6, 6.07) is 23.6. The van der Waals surface area contributed by atoms with Crippen LogP contribution in [0, 0.1) is 0 Å². The van der Waals surface area contributed by atoms with Crippen LogP contribution in [0.1, 0.15) is 13.8 Å². The van der Waals surface area contributed by atoms with E-state index in [1.165, 1.54) is 0 Å². The van der Waals surface area contributed by atoms with Crippen molar-refractivity contribution < 1.29 is 14.3 Å². The van der Waals surface area contributed by atoms with E-state index in [1.807, 2.05) is 62.4 Å². The number of rotatable bonds is 9. The Kier molecular flexibility index (Phi) is 7.11. The van der Waals surface area contributed by atoms with Crippen LogP contribution in [0.5, 0.6) is 11.5 Å². The monoisotopic (exact) mass is 390 g/mol. The standard InChI is InChI=1S/C24H26N2O3/c1-3-28-21-14-15-23(29-4-2)22(16-21)26-24(27)17-25-20-12-10-19(11-13-20)18-8-6-5-7-9-18/h5-16,25H,3-4,17H2,1-2H3,(H,26,27). The van der Waals surface area contributed by atoms with Gasteiger partial charge in [0.2, 0.25) is 5.91 Å². The number of ether oxygens (including phenoxy) is 2. The third-order valence-electron chi connectivity index (χ3n) is 4.28. The molecule has 0 saturated heterocycles. The molecule has 3 aromatic rings. The minimum atomic E-state index is -0.160. The van der Waals surface area contributed by atoms with E-state index in [4.69, 9.17) is 9.47 Å². The molecule has 0 unspecified atom stereocenters. The number of hydrogen-bond donors (Lipinski definition) is 2. The van der Waals surface area contributed by atoms with Crippen LogP contribution in [0.25, 0.3) is 11.1 Å². The lowest BCUT2D eigenvalue weighted by Crippen LogP contribution is -2.22. The molecule has 3 rings (SSSR count). The molecule has 1 amide bonds. The van der Waals surface area contributed by atoms with Crippen molar-refractivity contribution in [2.75, 3.05) is 30.4 Å². The highest BCUT2D eigenvalue weighted by atomic mass is 16.5. The smallest absolute Gasteiger partial charge is 0.243 e. The van der Waals surface area contributed by atoms with E-state index in [0.29, 0.717) is 30.4 Å². The minimum absolute atomic E-state index is 0.148. The van der Waals surface area contributed by atoms with Crippen molar-refractivity contribution in [3.05, 3.63) is 72.8 Å². The zero-order valence-corrected chi connectivity index (χ0v) is 16.8. The molecule has 0 bridgehead atoms. The summed E-state index contributed by atoms with van der Waals surface area (Å²) < 4.78 is 11.1. The number of carbonyl (C=O) groups is 1. The lowest BCUT2D eigenvalue weighted by atomic mass is 10.1. The van der Waals surface area contributed by atoms with Gasteiger partial charge < -0.3 is 20.1 Å². The predicted molar refractivity (Wildman–Crippen MR) is 118 cm³/mol. The average Bonchev–Trinajstić information content (AvgIpc) is 2.75. The highest BCUT2D eigenvalue weighted by Gasteiger charge is 2.10. The maximum absolute atomic E-state index is 12.4. The first kappa shape index (κ1) is 20.3. The molecule has 0 heterocycles. The molecule has 0 radical (unpaired) electrons. The Bertz CT molecular complexity index is 925. The van der Waals surface area contributed by atoms with Gasteiger partial charge in [-0.3, -0.25) is 4.79 Å². The van der Waals surface area contributed by atoms with Gasteiger partial charge in [0.05, 0.1) is 25.4 Å². The van der Waals surface area contributed by atoms with Crippen molar-refractivity contribution in [3.63, 3.8) is 0 Å². The normalized spacial score (nSPS) is 10.3. The van der Waals surface area contributed by atoms with Gasteiger partial charge in [-0.25, -0.2) is 0 Å². The Balaban J connectivity index is 1.60. The second-order valence-corrected chi connectivity index (χ2v) is 6.37. The summed E-state index contributed by atoms with van der Waals surface area (Å²) in [6.45, 7) is 5.05. The van der Waals surface area contributed by atoms with Gasteiger partial charge >= 0.3 is 0 Å². The quantitative estimate of drug-likeness (QED) is 0.527. The molecule has 0 aliphatic carbocycles. The Morgan fingerprint density at radius 3 is 2.21 bits per heavy atom. The SMILES string of the molecule is CCOc1ccc(OCC)c(NC(=O)CNc2ccc(-c3ccccc3)cc2)c1. The van der Waals surface area contributed by atoms with Gasteiger partial charge in [-0.1, -0.05) is 42.5 Å². The third-order valence-corrected chi connectivity index (χ3v) is 4.28. The van der Waals surface area contributed by atoms with E-state index in [-0.39, 0.29) is 12.5 Å². The number of carbonyl (C=O) groups excluding carboxylic acids is 1. The van der Waals surface area contributed by atoms with Gasteiger partial charge in [-0.2, -0.15) is 0 Å². The van der Waals surface area contributed by atoms with E-state index >= 15 is 0 Å². The minimum Gasteiger partial charge on any atom is -0.494 e. The fourth-order valence-electron chi connectivity index (χ4n) is 2.93. The van der Waals surface area contributed by atoms with Crippen molar-refractivity contribution in [1.29, 1.82) is 0 Å². The molecule has 5 heteroatoms. The van der Waals surface area contributed by atoms with Gasteiger partial charge in [0.15, 0.2) is 0 Å². The van der Waals surface area contributed by atoms with Crippen molar-refractivity contribution in [3.8, 4) is 22.6 Å². The van der Waals surface area contributed by atoms with Crippen molar-refractivity contribution >= 4 is 17.3 Å². The first-order valence-electron chi connectivity index (χ1n) is 9.78. The fourth-order valence-corrected chi connectivity index (χ4v) is 2.93. The molecule has 5 nitrogen and oxygen atoms in total. The van der Waals surface area contributed by atoms with E-state index < -0.39 is 0 Å².